The summed E-state index contributed by atoms with van der Waals surface area (Å²) in [6.45, 7) is 0.188. The van der Waals surface area contributed by atoms with Gasteiger partial charge in [-0.2, -0.15) is 0 Å². The smallest absolute Gasteiger partial charge is 0.328 e. The third-order valence-corrected chi connectivity index (χ3v) is 3.92. The van der Waals surface area contributed by atoms with E-state index in [0.29, 0.717) is 12.0 Å². The fourth-order valence-electron chi connectivity index (χ4n) is 2.30. The molecule has 2 rings (SSSR count). The molecule has 1 aliphatic carbocycles. The van der Waals surface area contributed by atoms with E-state index in [9.17, 15) is 14.7 Å². The molecule has 0 bridgehead atoms. The van der Waals surface area contributed by atoms with Crippen molar-refractivity contribution in [2.45, 2.75) is 13.0 Å². The van der Waals surface area contributed by atoms with E-state index < -0.39 is 16.7 Å². The van der Waals surface area contributed by atoms with Crippen LogP contribution in [0.4, 0.5) is 0 Å². The van der Waals surface area contributed by atoms with Gasteiger partial charge in [0, 0.05) is 24.8 Å². The third-order valence-electron chi connectivity index (χ3n) is 3.66. The van der Waals surface area contributed by atoms with Gasteiger partial charge >= 0.3 is 5.69 Å². The average Bonchev–Trinajstić information content (AvgIpc) is 3.09. The second-order valence-corrected chi connectivity index (χ2v) is 5.40. The molecular formula is C12H15BrN2O4. The number of hydrogen-bond donors (Lipinski definition) is 3. The van der Waals surface area contributed by atoms with E-state index in [0.717, 1.165) is 0 Å². The Hall–Kier alpha value is -1.18. The molecule has 0 spiro atoms. The molecule has 1 aromatic heterocycles. The van der Waals surface area contributed by atoms with Crippen LogP contribution in [0.25, 0.3) is 6.08 Å². The summed E-state index contributed by atoms with van der Waals surface area (Å²) in [6, 6.07) is 0. The van der Waals surface area contributed by atoms with Crippen molar-refractivity contribution in [3.05, 3.63) is 37.6 Å². The van der Waals surface area contributed by atoms with E-state index in [1.807, 2.05) is 0 Å². The van der Waals surface area contributed by atoms with E-state index in [1.165, 1.54) is 21.8 Å². The molecule has 0 radical (unpaired) electrons. The molecule has 2 atom stereocenters. The minimum atomic E-state index is -0.506. The topological polar surface area (TPSA) is 95.3 Å². The van der Waals surface area contributed by atoms with Crippen molar-refractivity contribution >= 4 is 22.0 Å². The van der Waals surface area contributed by atoms with Gasteiger partial charge in [-0.25, -0.2) is 4.79 Å². The summed E-state index contributed by atoms with van der Waals surface area (Å²) in [5, 5.41) is 18.5. The molecule has 1 fully saturated rings. The lowest BCUT2D eigenvalue weighted by Crippen LogP contribution is -2.34. The van der Waals surface area contributed by atoms with Crippen molar-refractivity contribution in [3.8, 4) is 0 Å². The summed E-state index contributed by atoms with van der Waals surface area (Å²) in [5.74, 6) is 0.00601. The molecule has 7 heteroatoms. The molecule has 104 valence electrons. The van der Waals surface area contributed by atoms with E-state index in [2.05, 4.69) is 20.9 Å². The molecule has 2 unspecified atom stereocenters. The van der Waals surface area contributed by atoms with Crippen molar-refractivity contribution < 1.29 is 10.2 Å². The Morgan fingerprint density at radius 2 is 2.26 bits per heavy atom. The number of nitrogens with one attached hydrogen (secondary N) is 1. The van der Waals surface area contributed by atoms with Crippen LogP contribution in [0, 0.1) is 11.3 Å². The zero-order valence-electron chi connectivity index (χ0n) is 10.2. The Labute approximate surface area is 117 Å². The summed E-state index contributed by atoms with van der Waals surface area (Å²) >= 11 is 3.08. The monoisotopic (exact) mass is 330 g/mol. The molecule has 6 nitrogen and oxygen atoms in total. The van der Waals surface area contributed by atoms with Gasteiger partial charge in [0.2, 0.25) is 0 Å². The van der Waals surface area contributed by atoms with Crippen LogP contribution in [0.2, 0.25) is 0 Å². The third kappa shape index (κ3) is 2.72. The molecule has 1 aliphatic rings. The van der Waals surface area contributed by atoms with Gasteiger partial charge < -0.3 is 10.2 Å². The fraction of sp³-hybridized carbons (Fsp3) is 0.500. The number of halogens is 1. The molecule has 0 aromatic carbocycles. The normalized spacial score (nSPS) is 25.9. The first-order chi connectivity index (χ1) is 9.06. The van der Waals surface area contributed by atoms with Crippen molar-refractivity contribution in [1.82, 2.24) is 9.55 Å². The second kappa shape index (κ2) is 5.44. The SMILES string of the molecule is O=c1[nH]c(=O)n(CC2(CO)CC2CO)cc1/C=C/Br. The first-order valence-electron chi connectivity index (χ1n) is 5.88. The van der Waals surface area contributed by atoms with Gasteiger partial charge in [0.1, 0.15) is 0 Å². The summed E-state index contributed by atoms with van der Waals surface area (Å²) in [7, 11) is 0. The second-order valence-electron chi connectivity index (χ2n) is 4.87. The predicted molar refractivity (Wildman–Crippen MR) is 74.0 cm³/mol. The number of aromatic amines is 1. The lowest BCUT2D eigenvalue weighted by atomic mass is 10.1. The minimum Gasteiger partial charge on any atom is -0.396 e. The highest BCUT2D eigenvalue weighted by atomic mass is 79.9. The minimum absolute atomic E-state index is 0.00601. The first-order valence-corrected chi connectivity index (χ1v) is 6.80. The van der Waals surface area contributed by atoms with Gasteiger partial charge in [-0.15, -0.1) is 0 Å². The van der Waals surface area contributed by atoms with Crippen LogP contribution < -0.4 is 11.2 Å². The number of rotatable bonds is 5. The van der Waals surface area contributed by atoms with E-state index in [4.69, 9.17) is 5.11 Å². The number of hydrogen-bond acceptors (Lipinski definition) is 4. The fourth-order valence-corrected chi connectivity index (χ4v) is 2.58. The summed E-state index contributed by atoms with van der Waals surface area (Å²) in [5.41, 5.74) is -1.06. The maximum atomic E-state index is 11.7. The van der Waals surface area contributed by atoms with E-state index in [1.54, 1.807) is 0 Å². The molecule has 0 amide bonds. The zero-order chi connectivity index (χ0) is 14.0. The summed E-state index contributed by atoms with van der Waals surface area (Å²) < 4.78 is 1.37. The van der Waals surface area contributed by atoms with Crippen molar-refractivity contribution in [2.24, 2.45) is 11.3 Å². The van der Waals surface area contributed by atoms with Gasteiger partial charge in [-0.3, -0.25) is 14.3 Å². The van der Waals surface area contributed by atoms with Gasteiger partial charge in [0.15, 0.2) is 0 Å². The highest BCUT2D eigenvalue weighted by molar-refractivity contribution is 9.11. The number of nitrogens with zero attached hydrogens (tertiary/aromatic N) is 1. The molecule has 0 saturated heterocycles. The van der Waals surface area contributed by atoms with Crippen molar-refractivity contribution in [2.75, 3.05) is 13.2 Å². The average molecular weight is 331 g/mol. The van der Waals surface area contributed by atoms with E-state index >= 15 is 0 Å². The van der Waals surface area contributed by atoms with Crippen LogP contribution in [0.1, 0.15) is 12.0 Å². The highest BCUT2D eigenvalue weighted by Gasteiger charge is 2.53. The standard InChI is InChI=1S/C12H15BrN2O4/c13-2-1-8-4-15(11(19)14-10(8)18)6-12(7-17)3-9(12)5-16/h1-2,4,9,16-17H,3,5-7H2,(H,14,18,19)/b2-1+. The van der Waals surface area contributed by atoms with E-state index in [-0.39, 0.29) is 25.7 Å². The van der Waals surface area contributed by atoms with Crippen LogP contribution in [-0.2, 0) is 6.54 Å². The molecule has 0 aliphatic heterocycles. The summed E-state index contributed by atoms with van der Waals surface area (Å²) in [4.78, 5) is 27.0. The van der Waals surface area contributed by atoms with Crippen molar-refractivity contribution in [3.63, 3.8) is 0 Å². The summed E-state index contributed by atoms with van der Waals surface area (Å²) in [6.07, 6.45) is 3.68. The number of H-pyrrole nitrogens is 1. The lowest BCUT2D eigenvalue weighted by Gasteiger charge is -2.15. The molecule has 1 aromatic rings. The molecular weight excluding hydrogens is 316 g/mol. The van der Waals surface area contributed by atoms with Crippen molar-refractivity contribution in [1.29, 1.82) is 0 Å². The van der Waals surface area contributed by atoms with Gasteiger partial charge in [-0.1, -0.05) is 15.9 Å². The van der Waals surface area contributed by atoms with Crippen LogP contribution in [0.15, 0.2) is 20.8 Å². The Morgan fingerprint density at radius 3 is 2.79 bits per heavy atom. The quantitative estimate of drug-likeness (QED) is 0.702. The Balaban J connectivity index is 2.33. The van der Waals surface area contributed by atoms with Crippen LogP contribution in [0.5, 0.6) is 0 Å². The maximum Gasteiger partial charge on any atom is 0.328 e. The van der Waals surface area contributed by atoms with Gasteiger partial charge in [0.25, 0.3) is 5.56 Å². The zero-order valence-corrected chi connectivity index (χ0v) is 11.8. The first kappa shape index (κ1) is 14.2. The van der Waals surface area contributed by atoms with Gasteiger partial charge in [0.05, 0.1) is 12.2 Å². The predicted octanol–water partition coefficient (Wildman–Crippen LogP) is -0.107. The maximum absolute atomic E-state index is 11.7. The Bertz CT molecular complexity index is 606. The Morgan fingerprint density at radius 1 is 1.53 bits per heavy atom. The van der Waals surface area contributed by atoms with Crippen LogP contribution in [-0.4, -0.2) is 33.0 Å². The van der Waals surface area contributed by atoms with Crippen LogP contribution in [0.3, 0.4) is 0 Å². The van der Waals surface area contributed by atoms with Crippen LogP contribution >= 0.6 is 15.9 Å². The molecule has 19 heavy (non-hydrogen) atoms. The number of aliphatic hydroxyl groups excluding tert-OH is 2. The van der Waals surface area contributed by atoms with Gasteiger partial charge in [-0.05, 0) is 23.4 Å². The molecule has 3 N–H and O–H groups in total. The molecule has 1 saturated carbocycles. The number of aliphatic hydroxyl groups is 2. The molecule has 1 heterocycles. The lowest BCUT2D eigenvalue weighted by molar-refractivity contribution is 0.156. The Kier molecular flexibility index (Phi) is 4.07. The highest BCUT2D eigenvalue weighted by Crippen LogP contribution is 2.52. The number of aromatic nitrogens is 2. The largest absolute Gasteiger partial charge is 0.396 e.